The molecule has 1 atom stereocenters. The Hall–Kier alpha value is -0.920. The number of aromatic nitrogens is 2. The lowest BCUT2D eigenvalue weighted by molar-refractivity contribution is 0.107. The molecule has 1 aromatic heterocycles. The van der Waals surface area contributed by atoms with Crippen LogP contribution in [0, 0.1) is 12.8 Å². The van der Waals surface area contributed by atoms with Crippen LogP contribution in [-0.4, -0.2) is 35.7 Å². The molecule has 1 aromatic rings. The second kappa shape index (κ2) is 7.91. The minimum atomic E-state index is -3.67. The average Bonchev–Trinajstić information content (AvgIpc) is 2.81. The van der Waals surface area contributed by atoms with Crippen molar-refractivity contribution in [2.45, 2.75) is 64.6 Å². The number of sulfonamides is 1. The smallest absolute Gasteiger partial charge is 0.259 e. The van der Waals surface area contributed by atoms with Crippen molar-refractivity contribution in [2.24, 2.45) is 5.92 Å². The van der Waals surface area contributed by atoms with Gasteiger partial charge >= 0.3 is 0 Å². The van der Waals surface area contributed by atoms with E-state index in [4.69, 9.17) is 0 Å². The van der Waals surface area contributed by atoms with Gasteiger partial charge in [0.15, 0.2) is 5.03 Å². The van der Waals surface area contributed by atoms with Gasteiger partial charge in [0.05, 0.1) is 6.10 Å². The standard InChI is InChI=1S/C14H27N3O3S/c1-5-8-17-10-14(16-11(17)4)21(19,20)15-9-13(18)12(6-2)7-3/h10,12-13,15,18H,5-9H2,1-4H3. The molecule has 6 nitrogen and oxygen atoms in total. The summed E-state index contributed by atoms with van der Waals surface area (Å²) in [4.78, 5) is 4.09. The summed E-state index contributed by atoms with van der Waals surface area (Å²) in [5.41, 5.74) is 0. The van der Waals surface area contributed by atoms with Gasteiger partial charge < -0.3 is 9.67 Å². The van der Waals surface area contributed by atoms with Gasteiger partial charge in [-0.3, -0.25) is 0 Å². The topological polar surface area (TPSA) is 84.2 Å². The van der Waals surface area contributed by atoms with Crippen LogP contribution in [0.4, 0.5) is 0 Å². The van der Waals surface area contributed by atoms with E-state index in [1.54, 1.807) is 13.1 Å². The zero-order chi connectivity index (χ0) is 16.0. The summed E-state index contributed by atoms with van der Waals surface area (Å²) in [6.07, 6.45) is 3.43. The molecule has 21 heavy (non-hydrogen) atoms. The van der Waals surface area contributed by atoms with E-state index < -0.39 is 16.1 Å². The molecule has 0 aliphatic heterocycles. The molecule has 1 rings (SSSR count). The lowest BCUT2D eigenvalue weighted by Gasteiger charge is -2.19. The average molecular weight is 317 g/mol. The van der Waals surface area contributed by atoms with Crippen molar-refractivity contribution < 1.29 is 13.5 Å². The van der Waals surface area contributed by atoms with Crippen molar-refractivity contribution >= 4 is 10.0 Å². The Balaban J connectivity index is 2.75. The van der Waals surface area contributed by atoms with Crippen molar-refractivity contribution in [2.75, 3.05) is 6.54 Å². The highest BCUT2D eigenvalue weighted by Gasteiger charge is 2.22. The summed E-state index contributed by atoms with van der Waals surface area (Å²) in [6, 6.07) is 0. The molecule has 0 aliphatic carbocycles. The third kappa shape index (κ3) is 4.79. The first-order valence-corrected chi connectivity index (χ1v) is 9.05. The molecule has 0 bridgehead atoms. The number of aliphatic hydroxyl groups is 1. The van der Waals surface area contributed by atoms with Crippen LogP contribution < -0.4 is 4.72 Å². The van der Waals surface area contributed by atoms with Crippen LogP contribution in [0.3, 0.4) is 0 Å². The lowest BCUT2D eigenvalue weighted by Crippen LogP contribution is -2.36. The van der Waals surface area contributed by atoms with Crippen LogP contribution >= 0.6 is 0 Å². The minimum Gasteiger partial charge on any atom is -0.391 e. The van der Waals surface area contributed by atoms with Gasteiger partial charge in [-0.15, -0.1) is 0 Å². The van der Waals surface area contributed by atoms with E-state index in [-0.39, 0.29) is 17.5 Å². The van der Waals surface area contributed by atoms with Gasteiger partial charge in [-0.1, -0.05) is 33.6 Å². The van der Waals surface area contributed by atoms with E-state index in [2.05, 4.69) is 9.71 Å². The Bertz CT molecular complexity index is 536. The SMILES string of the molecule is CCCn1cc(S(=O)(=O)NCC(O)C(CC)CC)nc1C. The molecule has 0 saturated carbocycles. The highest BCUT2D eigenvalue weighted by Crippen LogP contribution is 2.14. The molecule has 7 heteroatoms. The molecule has 1 heterocycles. The largest absolute Gasteiger partial charge is 0.391 e. The normalized spacial score (nSPS) is 13.8. The van der Waals surface area contributed by atoms with Gasteiger partial charge in [-0.25, -0.2) is 18.1 Å². The summed E-state index contributed by atoms with van der Waals surface area (Å²) >= 11 is 0. The summed E-state index contributed by atoms with van der Waals surface area (Å²) < 4.78 is 28.7. The van der Waals surface area contributed by atoms with Gasteiger partial charge in [-0.2, -0.15) is 0 Å². The minimum absolute atomic E-state index is 0.0187. The van der Waals surface area contributed by atoms with Crippen LogP contribution in [0.2, 0.25) is 0 Å². The predicted molar refractivity (Wildman–Crippen MR) is 82.5 cm³/mol. The second-order valence-electron chi connectivity index (χ2n) is 5.32. The summed E-state index contributed by atoms with van der Waals surface area (Å²) in [5.74, 6) is 0.782. The fourth-order valence-corrected chi connectivity index (χ4v) is 3.40. The maximum absolute atomic E-state index is 12.2. The summed E-state index contributed by atoms with van der Waals surface area (Å²) in [6.45, 7) is 8.55. The molecule has 2 N–H and O–H groups in total. The molecule has 0 aromatic carbocycles. The van der Waals surface area contributed by atoms with E-state index >= 15 is 0 Å². The molecule has 0 fully saturated rings. The third-order valence-electron chi connectivity index (χ3n) is 3.77. The molecule has 1 unspecified atom stereocenters. The van der Waals surface area contributed by atoms with E-state index in [9.17, 15) is 13.5 Å². The fourth-order valence-electron chi connectivity index (χ4n) is 2.34. The number of aryl methyl sites for hydroxylation is 2. The van der Waals surface area contributed by atoms with Gasteiger partial charge in [-0.05, 0) is 19.3 Å². The highest BCUT2D eigenvalue weighted by molar-refractivity contribution is 7.89. The Morgan fingerprint density at radius 2 is 1.95 bits per heavy atom. The third-order valence-corrected chi connectivity index (χ3v) is 5.06. The van der Waals surface area contributed by atoms with Crippen molar-refractivity contribution in [3.05, 3.63) is 12.0 Å². The second-order valence-corrected chi connectivity index (χ2v) is 7.03. The van der Waals surface area contributed by atoms with Gasteiger partial charge in [0.25, 0.3) is 10.0 Å². The first kappa shape index (κ1) is 18.1. The number of hydrogen-bond donors (Lipinski definition) is 2. The van der Waals surface area contributed by atoms with E-state index in [0.717, 1.165) is 25.8 Å². The Kier molecular flexibility index (Phi) is 6.83. The molecule has 122 valence electrons. The Labute approximate surface area is 127 Å². The lowest BCUT2D eigenvalue weighted by atomic mass is 9.97. The van der Waals surface area contributed by atoms with E-state index in [1.165, 1.54) is 0 Å². The quantitative estimate of drug-likeness (QED) is 0.726. The maximum atomic E-state index is 12.2. The summed E-state index contributed by atoms with van der Waals surface area (Å²) in [5, 5.41) is 10.0. The van der Waals surface area contributed by atoms with Crippen molar-refractivity contribution in [1.29, 1.82) is 0 Å². The van der Waals surface area contributed by atoms with Gasteiger partial charge in [0.1, 0.15) is 5.82 Å². The Morgan fingerprint density at radius 1 is 1.33 bits per heavy atom. The van der Waals surface area contributed by atoms with Crippen LogP contribution in [-0.2, 0) is 16.6 Å². The molecule has 0 radical (unpaired) electrons. The highest BCUT2D eigenvalue weighted by atomic mass is 32.2. The molecular formula is C14H27N3O3S. The van der Waals surface area contributed by atoms with E-state index in [0.29, 0.717) is 5.82 Å². The number of nitrogens with one attached hydrogen (secondary N) is 1. The van der Waals surface area contributed by atoms with Gasteiger partial charge in [0.2, 0.25) is 0 Å². The van der Waals surface area contributed by atoms with Crippen LogP contribution in [0.5, 0.6) is 0 Å². The molecular weight excluding hydrogens is 290 g/mol. The number of rotatable bonds is 9. The first-order chi connectivity index (χ1) is 9.85. The van der Waals surface area contributed by atoms with Crippen LogP contribution in [0.25, 0.3) is 0 Å². The van der Waals surface area contributed by atoms with Crippen molar-refractivity contribution in [3.8, 4) is 0 Å². The molecule has 0 spiro atoms. The fraction of sp³-hybridized carbons (Fsp3) is 0.786. The molecule has 0 aliphatic rings. The van der Waals surface area contributed by atoms with Crippen molar-refractivity contribution in [1.82, 2.24) is 14.3 Å². The first-order valence-electron chi connectivity index (χ1n) is 7.57. The van der Waals surface area contributed by atoms with Crippen molar-refractivity contribution in [3.63, 3.8) is 0 Å². The Morgan fingerprint density at radius 3 is 2.48 bits per heavy atom. The number of hydrogen-bond acceptors (Lipinski definition) is 4. The van der Waals surface area contributed by atoms with Crippen LogP contribution in [0.1, 0.15) is 45.9 Å². The number of imidazole rings is 1. The number of aliphatic hydroxyl groups excluding tert-OH is 1. The van der Waals surface area contributed by atoms with E-state index in [1.807, 2.05) is 25.3 Å². The van der Waals surface area contributed by atoms with Crippen LogP contribution in [0.15, 0.2) is 11.2 Å². The molecule has 0 amide bonds. The zero-order valence-corrected chi connectivity index (χ0v) is 14.2. The van der Waals surface area contributed by atoms with Gasteiger partial charge in [0, 0.05) is 19.3 Å². The predicted octanol–water partition coefficient (Wildman–Crippen LogP) is 1.68. The zero-order valence-electron chi connectivity index (χ0n) is 13.3. The maximum Gasteiger partial charge on any atom is 0.259 e. The number of nitrogens with zero attached hydrogens (tertiary/aromatic N) is 2. The monoisotopic (exact) mass is 317 g/mol. The molecule has 0 saturated heterocycles. The summed E-state index contributed by atoms with van der Waals surface area (Å²) in [7, 11) is -3.67.